The minimum atomic E-state index is 0.248. The topological polar surface area (TPSA) is 42.2 Å². The Morgan fingerprint density at radius 2 is 2.00 bits per heavy atom. The Kier molecular flexibility index (Phi) is 3.66. The van der Waals surface area contributed by atoms with Crippen molar-refractivity contribution in [2.24, 2.45) is 0 Å². The van der Waals surface area contributed by atoms with Crippen molar-refractivity contribution >= 4 is 11.6 Å². The zero-order valence-corrected chi connectivity index (χ0v) is 13.5. The van der Waals surface area contributed by atoms with Gasteiger partial charge in [-0.05, 0) is 44.2 Å². The van der Waals surface area contributed by atoms with Crippen LogP contribution in [0.2, 0.25) is 5.02 Å². The van der Waals surface area contributed by atoms with Gasteiger partial charge in [0.1, 0.15) is 0 Å². The lowest BCUT2D eigenvalue weighted by atomic mass is 10.1. The van der Waals surface area contributed by atoms with Gasteiger partial charge in [0.05, 0.1) is 6.54 Å². The summed E-state index contributed by atoms with van der Waals surface area (Å²) in [6, 6.07) is 8.92. The average molecular weight is 318 g/mol. The molecule has 1 aromatic carbocycles. The first kappa shape index (κ1) is 14.2. The molecule has 116 valence electrons. The molecule has 0 spiro atoms. The van der Waals surface area contributed by atoms with Crippen molar-refractivity contribution < 1.29 is 4.42 Å². The number of hydrogen-bond acceptors (Lipinski definition) is 4. The lowest BCUT2D eigenvalue weighted by Gasteiger charge is -2.28. The normalized spacial score (nSPS) is 19.6. The van der Waals surface area contributed by atoms with E-state index in [1.54, 1.807) is 0 Å². The van der Waals surface area contributed by atoms with Crippen LogP contribution in [0.1, 0.15) is 61.9 Å². The van der Waals surface area contributed by atoms with Gasteiger partial charge < -0.3 is 4.42 Å². The lowest BCUT2D eigenvalue weighted by molar-refractivity contribution is 0.171. The summed E-state index contributed by atoms with van der Waals surface area (Å²) in [5.74, 6) is 2.06. The molecule has 0 bridgehead atoms. The number of benzene rings is 1. The second-order valence-corrected chi connectivity index (χ2v) is 6.82. The van der Waals surface area contributed by atoms with E-state index in [-0.39, 0.29) is 6.04 Å². The van der Waals surface area contributed by atoms with Crippen molar-refractivity contribution in [3.05, 3.63) is 46.6 Å². The van der Waals surface area contributed by atoms with Gasteiger partial charge in [0.25, 0.3) is 0 Å². The van der Waals surface area contributed by atoms with Crippen LogP contribution in [0.4, 0.5) is 0 Å². The third-order valence-electron chi connectivity index (χ3n) is 4.60. The molecular weight excluding hydrogens is 298 g/mol. The summed E-state index contributed by atoms with van der Waals surface area (Å²) >= 11 is 6.37. The van der Waals surface area contributed by atoms with Gasteiger partial charge >= 0.3 is 0 Å². The molecule has 2 fully saturated rings. The summed E-state index contributed by atoms with van der Waals surface area (Å²) in [4.78, 5) is 2.44. The van der Waals surface area contributed by atoms with Gasteiger partial charge in [0.2, 0.25) is 11.8 Å². The zero-order chi connectivity index (χ0) is 15.1. The van der Waals surface area contributed by atoms with Gasteiger partial charge in [-0.2, -0.15) is 0 Å². The van der Waals surface area contributed by atoms with Crippen molar-refractivity contribution in [2.45, 2.75) is 57.2 Å². The summed E-state index contributed by atoms with van der Waals surface area (Å²) < 4.78 is 5.84. The first-order valence-electron chi connectivity index (χ1n) is 8.05. The molecule has 0 aliphatic heterocycles. The molecule has 1 aromatic heterocycles. The van der Waals surface area contributed by atoms with Gasteiger partial charge in [0, 0.05) is 23.0 Å². The number of nitrogens with zero attached hydrogens (tertiary/aromatic N) is 3. The molecule has 22 heavy (non-hydrogen) atoms. The second kappa shape index (κ2) is 5.67. The molecule has 0 unspecified atom stereocenters. The molecule has 0 radical (unpaired) electrons. The van der Waals surface area contributed by atoms with E-state index in [9.17, 15) is 0 Å². The summed E-state index contributed by atoms with van der Waals surface area (Å²) in [6.07, 6.45) is 4.84. The number of halogens is 1. The highest BCUT2D eigenvalue weighted by atomic mass is 35.5. The van der Waals surface area contributed by atoms with Crippen molar-refractivity contribution in [3.63, 3.8) is 0 Å². The molecule has 0 amide bonds. The number of aromatic nitrogens is 2. The van der Waals surface area contributed by atoms with Gasteiger partial charge in [-0.25, -0.2) is 0 Å². The maximum Gasteiger partial charge on any atom is 0.230 e. The van der Waals surface area contributed by atoms with E-state index in [0.29, 0.717) is 18.5 Å². The predicted octanol–water partition coefficient (Wildman–Crippen LogP) is 4.33. The van der Waals surface area contributed by atoms with Crippen molar-refractivity contribution in [1.82, 2.24) is 15.1 Å². The Bertz CT molecular complexity index is 663. The van der Waals surface area contributed by atoms with E-state index < -0.39 is 0 Å². The summed E-state index contributed by atoms with van der Waals surface area (Å²) in [5, 5.41) is 9.25. The van der Waals surface area contributed by atoms with Gasteiger partial charge in [-0.3, -0.25) is 4.90 Å². The number of hydrogen-bond donors (Lipinski definition) is 0. The molecule has 2 aromatic rings. The van der Waals surface area contributed by atoms with Crippen molar-refractivity contribution in [2.75, 3.05) is 0 Å². The molecule has 2 saturated carbocycles. The van der Waals surface area contributed by atoms with Crippen LogP contribution >= 0.6 is 11.6 Å². The van der Waals surface area contributed by atoms with Gasteiger partial charge in [0.15, 0.2) is 0 Å². The second-order valence-electron chi connectivity index (χ2n) is 6.41. The third kappa shape index (κ3) is 2.90. The summed E-state index contributed by atoms with van der Waals surface area (Å²) in [5.41, 5.74) is 1.16. The van der Waals surface area contributed by atoms with Gasteiger partial charge in [-0.15, -0.1) is 10.2 Å². The SMILES string of the molecule is C[C@H](c1ccccc1Cl)N(Cc1nnc(C2CC2)o1)C1CC1. The van der Waals surface area contributed by atoms with Crippen LogP contribution in [0, 0.1) is 0 Å². The lowest BCUT2D eigenvalue weighted by Crippen LogP contribution is -2.29. The molecule has 5 heteroatoms. The van der Waals surface area contributed by atoms with E-state index in [4.69, 9.17) is 16.0 Å². The molecule has 0 N–H and O–H groups in total. The minimum absolute atomic E-state index is 0.248. The highest BCUT2D eigenvalue weighted by molar-refractivity contribution is 6.31. The maximum absolute atomic E-state index is 6.37. The molecular formula is C17H20ClN3O. The van der Waals surface area contributed by atoms with E-state index >= 15 is 0 Å². The summed E-state index contributed by atoms with van der Waals surface area (Å²) in [7, 11) is 0. The highest BCUT2D eigenvalue weighted by Gasteiger charge is 2.35. The number of rotatable bonds is 6. The smallest absolute Gasteiger partial charge is 0.230 e. The van der Waals surface area contributed by atoms with Crippen LogP contribution in [0.3, 0.4) is 0 Å². The largest absolute Gasteiger partial charge is 0.424 e. The van der Waals surface area contributed by atoms with Gasteiger partial charge in [-0.1, -0.05) is 29.8 Å². The predicted molar refractivity (Wildman–Crippen MR) is 84.7 cm³/mol. The van der Waals surface area contributed by atoms with Crippen LogP contribution in [-0.4, -0.2) is 21.1 Å². The Balaban J connectivity index is 1.53. The first-order chi connectivity index (χ1) is 10.7. The molecule has 1 atom stereocenters. The fourth-order valence-corrected chi connectivity index (χ4v) is 3.26. The highest BCUT2D eigenvalue weighted by Crippen LogP contribution is 2.40. The maximum atomic E-state index is 6.37. The molecule has 2 aliphatic carbocycles. The van der Waals surface area contributed by atoms with E-state index in [0.717, 1.165) is 22.4 Å². The Morgan fingerprint density at radius 1 is 1.23 bits per heavy atom. The monoisotopic (exact) mass is 317 g/mol. The quantitative estimate of drug-likeness (QED) is 0.795. The van der Waals surface area contributed by atoms with Crippen LogP contribution in [0.15, 0.2) is 28.7 Å². The van der Waals surface area contributed by atoms with Crippen LogP contribution in [0.25, 0.3) is 0 Å². The van der Waals surface area contributed by atoms with Crippen molar-refractivity contribution in [3.8, 4) is 0 Å². The first-order valence-corrected chi connectivity index (χ1v) is 8.42. The zero-order valence-electron chi connectivity index (χ0n) is 12.7. The molecule has 4 rings (SSSR count). The van der Waals surface area contributed by atoms with Crippen molar-refractivity contribution in [1.29, 1.82) is 0 Å². The standard InChI is InChI=1S/C17H20ClN3O/c1-11(14-4-2-3-5-15(14)18)21(13-8-9-13)10-16-19-20-17(22-16)12-6-7-12/h2-5,11-13H,6-10H2,1H3/t11-/m1/s1. The minimum Gasteiger partial charge on any atom is -0.424 e. The fourth-order valence-electron chi connectivity index (χ4n) is 2.96. The Hall–Kier alpha value is -1.39. The summed E-state index contributed by atoms with van der Waals surface area (Å²) in [6.45, 7) is 2.91. The Morgan fingerprint density at radius 3 is 2.68 bits per heavy atom. The van der Waals surface area contributed by atoms with E-state index in [1.807, 2.05) is 18.2 Å². The fraction of sp³-hybridized carbons (Fsp3) is 0.529. The third-order valence-corrected chi connectivity index (χ3v) is 4.94. The van der Waals surface area contributed by atoms with Crippen LogP contribution in [0.5, 0.6) is 0 Å². The molecule has 1 heterocycles. The van der Waals surface area contributed by atoms with Crippen LogP contribution < -0.4 is 0 Å². The molecule has 2 aliphatic rings. The molecule has 4 nitrogen and oxygen atoms in total. The average Bonchev–Trinajstić information content (AvgIpc) is 3.44. The Labute approximate surface area is 135 Å². The van der Waals surface area contributed by atoms with Crippen LogP contribution in [-0.2, 0) is 6.54 Å². The van der Waals surface area contributed by atoms with E-state index in [1.165, 1.54) is 25.7 Å². The molecule has 0 saturated heterocycles. The van der Waals surface area contributed by atoms with E-state index in [2.05, 4.69) is 28.1 Å².